The maximum atomic E-state index is 11.9. The molecule has 2 aromatic carbocycles. The SMILES string of the molecule is CS(=O)(=O)c1cc(N2CCc3ccc([N+](=O)[O-])cc3C2)ccc1[N+](=O)[O-]. The van der Waals surface area contributed by atoms with Crippen LogP contribution in [0.5, 0.6) is 0 Å². The van der Waals surface area contributed by atoms with Gasteiger partial charge in [-0.1, -0.05) is 6.07 Å². The highest BCUT2D eigenvalue weighted by atomic mass is 32.2. The second-order valence-electron chi connectivity index (χ2n) is 6.06. The summed E-state index contributed by atoms with van der Waals surface area (Å²) in [5.74, 6) is 0. The zero-order chi connectivity index (χ0) is 19.1. The summed E-state index contributed by atoms with van der Waals surface area (Å²) < 4.78 is 23.8. The second-order valence-corrected chi connectivity index (χ2v) is 8.05. The zero-order valence-corrected chi connectivity index (χ0v) is 14.6. The first kappa shape index (κ1) is 17.8. The first-order chi connectivity index (χ1) is 12.2. The van der Waals surface area contributed by atoms with Crippen molar-refractivity contribution in [1.82, 2.24) is 0 Å². The summed E-state index contributed by atoms with van der Waals surface area (Å²) in [6.45, 7) is 0.934. The maximum absolute atomic E-state index is 11.9. The molecule has 0 amide bonds. The van der Waals surface area contributed by atoms with Crippen molar-refractivity contribution < 1.29 is 18.3 Å². The van der Waals surface area contributed by atoms with E-state index in [9.17, 15) is 28.6 Å². The predicted molar refractivity (Wildman–Crippen MR) is 94.1 cm³/mol. The number of sulfone groups is 1. The number of rotatable bonds is 4. The molecule has 0 radical (unpaired) electrons. The highest BCUT2D eigenvalue weighted by Crippen LogP contribution is 2.32. The Morgan fingerprint density at radius 3 is 2.35 bits per heavy atom. The summed E-state index contributed by atoms with van der Waals surface area (Å²) in [6, 6.07) is 8.65. The lowest BCUT2D eigenvalue weighted by molar-refractivity contribution is -0.387. The Bertz CT molecular complexity index is 1020. The largest absolute Gasteiger partial charge is 0.367 e. The van der Waals surface area contributed by atoms with Crippen LogP contribution < -0.4 is 4.90 Å². The van der Waals surface area contributed by atoms with E-state index in [2.05, 4.69) is 0 Å². The lowest BCUT2D eigenvalue weighted by Crippen LogP contribution is -2.30. The van der Waals surface area contributed by atoms with Crippen molar-refractivity contribution in [2.75, 3.05) is 17.7 Å². The van der Waals surface area contributed by atoms with Gasteiger partial charge in [0.1, 0.15) is 4.90 Å². The fourth-order valence-corrected chi connectivity index (χ4v) is 3.88. The molecule has 0 aromatic heterocycles. The topological polar surface area (TPSA) is 124 Å². The van der Waals surface area contributed by atoms with E-state index in [0.717, 1.165) is 17.4 Å². The van der Waals surface area contributed by atoms with E-state index in [4.69, 9.17) is 0 Å². The molecule has 9 nitrogen and oxygen atoms in total. The fourth-order valence-electron chi connectivity index (χ4n) is 3.02. The van der Waals surface area contributed by atoms with Crippen LogP contribution in [0.1, 0.15) is 11.1 Å². The molecule has 1 heterocycles. The van der Waals surface area contributed by atoms with Crippen LogP contribution in [0.3, 0.4) is 0 Å². The van der Waals surface area contributed by atoms with Crippen LogP contribution in [0, 0.1) is 20.2 Å². The highest BCUT2D eigenvalue weighted by molar-refractivity contribution is 7.90. The Kier molecular flexibility index (Phi) is 4.36. The van der Waals surface area contributed by atoms with Crippen molar-refractivity contribution in [2.24, 2.45) is 0 Å². The number of hydrogen-bond acceptors (Lipinski definition) is 7. The van der Waals surface area contributed by atoms with E-state index in [0.29, 0.717) is 25.2 Å². The van der Waals surface area contributed by atoms with Crippen molar-refractivity contribution in [3.05, 3.63) is 67.8 Å². The van der Waals surface area contributed by atoms with Gasteiger partial charge in [-0.25, -0.2) is 8.42 Å². The van der Waals surface area contributed by atoms with Crippen molar-refractivity contribution in [1.29, 1.82) is 0 Å². The smallest absolute Gasteiger partial charge is 0.288 e. The summed E-state index contributed by atoms with van der Waals surface area (Å²) in [5.41, 5.74) is 1.82. The van der Waals surface area contributed by atoms with Crippen LogP contribution in [0.4, 0.5) is 17.1 Å². The number of anilines is 1. The van der Waals surface area contributed by atoms with Gasteiger partial charge in [-0.15, -0.1) is 0 Å². The molecule has 0 atom stereocenters. The first-order valence-electron chi connectivity index (χ1n) is 7.66. The standard InChI is InChI=1S/C16H15N3O6S/c1-26(24,25)16-9-13(4-5-15(16)19(22)23)17-7-6-11-2-3-14(18(20)21)8-12(11)10-17/h2-5,8-9H,6-7,10H2,1H3. The molecule has 0 spiro atoms. The van der Waals surface area contributed by atoms with Gasteiger partial charge in [-0.05, 0) is 29.7 Å². The number of benzene rings is 2. The van der Waals surface area contributed by atoms with E-state index < -0.39 is 25.4 Å². The van der Waals surface area contributed by atoms with Gasteiger partial charge in [-0.3, -0.25) is 20.2 Å². The summed E-state index contributed by atoms with van der Waals surface area (Å²) in [4.78, 5) is 22.4. The number of nitro groups is 2. The Hall–Kier alpha value is -3.01. The average Bonchev–Trinajstić information content (AvgIpc) is 2.59. The van der Waals surface area contributed by atoms with Crippen molar-refractivity contribution in [3.8, 4) is 0 Å². The number of fused-ring (bicyclic) bond motifs is 1. The van der Waals surface area contributed by atoms with Gasteiger partial charge in [0.15, 0.2) is 9.84 Å². The number of nitro benzene ring substituents is 2. The van der Waals surface area contributed by atoms with Crippen LogP contribution in [-0.4, -0.2) is 31.1 Å². The molecular formula is C16H15N3O6S. The third kappa shape index (κ3) is 3.36. The van der Waals surface area contributed by atoms with E-state index in [1.807, 2.05) is 4.90 Å². The molecule has 0 unspecified atom stereocenters. The van der Waals surface area contributed by atoms with Crippen LogP contribution in [-0.2, 0) is 22.8 Å². The summed E-state index contributed by atoms with van der Waals surface area (Å²) in [7, 11) is -3.78. The van der Waals surface area contributed by atoms with Crippen molar-refractivity contribution >= 4 is 26.9 Å². The number of nitrogens with zero attached hydrogens (tertiary/aromatic N) is 3. The van der Waals surface area contributed by atoms with E-state index >= 15 is 0 Å². The molecule has 26 heavy (non-hydrogen) atoms. The third-order valence-corrected chi connectivity index (χ3v) is 5.44. The molecular weight excluding hydrogens is 362 g/mol. The second kappa shape index (κ2) is 6.37. The Balaban J connectivity index is 1.99. The lowest BCUT2D eigenvalue weighted by Gasteiger charge is -2.30. The van der Waals surface area contributed by atoms with Crippen LogP contribution in [0.15, 0.2) is 41.3 Å². The minimum Gasteiger partial charge on any atom is -0.367 e. The highest BCUT2D eigenvalue weighted by Gasteiger charge is 2.25. The average molecular weight is 377 g/mol. The van der Waals surface area contributed by atoms with Gasteiger partial charge in [-0.2, -0.15) is 0 Å². The van der Waals surface area contributed by atoms with Crippen molar-refractivity contribution in [2.45, 2.75) is 17.9 Å². The molecule has 0 aliphatic carbocycles. The van der Waals surface area contributed by atoms with Gasteiger partial charge in [0.05, 0.1) is 9.85 Å². The minimum atomic E-state index is -3.78. The molecule has 1 aliphatic rings. The third-order valence-electron chi connectivity index (χ3n) is 4.32. The lowest BCUT2D eigenvalue weighted by atomic mass is 9.98. The molecule has 0 saturated carbocycles. The number of non-ortho nitro benzene ring substituents is 1. The molecule has 136 valence electrons. The molecule has 1 aliphatic heterocycles. The normalized spacial score (nSPS) is 14.0. The monoisotopic (exact) mass is 377 g/mol. The predicted octanol–water partition coefficient (Wildman–Crippen LogP) is 2.47. The molecule has 3 rings (SSSR count). The van der Waals surface area contributed by atoms with Gasteiger partial charge >= 0.3 is 0 Å². The van der Waals surface area contributed by atoms with Gasteiger partial charge in [0.25, 0.3) is 11.4 Å². The zero-order valence-electron chi connectivity index (χ0n) is 13.8. The van der Waals surface area contributed by atoms with E-state index in [-0.39, 0.29) is 10.6 Å². The first-order valence-corrected chi connectivity index (χ1v) is 9.55. The van der Waals surface area contributed by atoms with Gasteiger partial charge < -0.3 is 4.90 Å². The molecule has 0 N–H and O–H groups in total. The quantitative estimate of drug-likeness (QED) is 0.592. The van der Waals surface area contributed by atoms with Gasteiger partial charge in [0, 0.05) is 43.2 Å². The summed E-state index contributed by atoms with van der Waals surface area (Å²) in [5, 5.41) is 22.0. The maximum Gasteiger partial charge on any atom is 0.288 e. The molecule has 0 fully saturated rings. The van der Waals surface area contributed by atoms with Gasteiger partial charge in [0.2, 0.25) is 0 Å². The Labute approximate surface area is 149 Å². The Morgan fingerprint density at radius 1 is 1.00 bits per heavy atom. The fraction of sp³-hybridized carbons (Fsp3) is 0.250. The summed E-state index contributed by atoms with van der Waals surface area (Å²) in [6.07, 6.45) is 1.56. The summed E-state index contributed by atoms with van der Waals surface area (Å²) >= 11 is 0. The van der Waals surface area contributed by atoms with Crippen molar-refractivity contribution in [3.63, 3.8) is 0 Å². The van der Waals surface area contributed by atoms with Crippen LogP contribution in [0.2, 0.25) is 0 Å². The molecule has 2 aromatic rings. The Morgan fingerprint density at radius 2 is 1.73 bits per heavy atom. The minimum absolute atomic E-state index is 0.00822. The van der Waals surface area contributed by atoms with Crippen LogP contribution in [0.25, 0.3) is 0 Å². The molecule has 10 heteroatoms. The molecule has 0 saturated heterocycles. The van der Waals surface area contributed by atoms with Crippen LogP contribution >= 0.6 is 0 Å². The molecule has 0 bridgehead atoms. The van der Waals surface area contributed by atoms with E-state index in [1.54, 1.807) is 6.07 Å². The number of hydrogen-bond donors (Lipinski definition) is 0. The van der Waals surface area contributed by atoms with E-state index in [1.165, 1.54) is 30.3 Å².